The molecule has 0 atom stereocenters. The number of aryl methyl sites for hydroxylation is 3. The molecule has 4 nitrogen and oxygen atoms in total. The van der Waals surface area contributed by atoms with Gasteiger partial charge in [-0.25, -0.2) is 4.57 Å². The van der Waals surface area contributed by atoms with E-state index in [9.17, 15) is 9.36 Å². The first kappa shape index (κ1) is 18.9. The summed E-state index contributed by atoms with van der Waals surface area (Å²) < 4.78 is 25.2. The molecule has 3 rings (SSSR count). The van der Waals surface area contributed by atoms with Crippen LogP contribution >= 0.6 is 7.60 Å². The van der Waals surface area contributed by atoms with Gasteiger partial charge in [0, 0.05) is 5.56 Å². The van der Waals surface area contributed by atoms with Gasteiger partial charge in [0.05, 0.1) is 0 Å². The Morgan fingerprint density at radius 2 is 1.07 bits per heavy atom. The van der Waals surface area contributed by atoms with E-state index in [0.717, 1.165) is 11.1 Å². The zero-order valence-electron chi connectivity index (χ0n) is 15.5. The van der Waals surface area contributed by atoms with Crippen molar-refractivity contribution < 1.29 is 18.4 Å². The number of para-hydroxylation sites is 2. The first-order valence-corrected chi connectivity index (χ1v) is 10.2. The van der Waals surface area contributed by atoms with Crippen molar-refractivity contribution in [2.45, 2.75) is 20.8 Å². The predicted octanol–water partition coefficient (Wildman–Crippen LogP) is 6.10. The van der Waals surface area contributed by atoms with Gasteiger partial charge in [-0.2, -0.15) is 0 Å². The molecule has 0 radical (unpaired) electrons. The Kier molecular flexibility index (Phi) is 5.48. The van der Waals surface area contributed by atoms with E-state index in [1.54, 1.807) is 49.4 Å². The van der Waals surface area contributed by atoms with Gasteiger partial charge in [-0.1, -0.05) is 60.7 Å². The number of rotatable bonds is 6. The Morgan fingerprint density at radius 3 is 1.52 bits per heavy atom. The van der Waals surface area contributed by atoms with Crippen LogP contribution in [0.25, 0.3) is 0 Å². The van der Waals surface area contributed by atoms with Gasteiger partial charge in [0.2, 0.25) is 0 Å². The highest BCUT2D eigenvalue weighted by atomic mass is 31.2. The molecule has 5 heteroatoms. The number of benzene rings is 3. The topological polar surface area (TPSA) is 52.6 Å². The molecular formula is C22H21O4P. The van der Waals surface area contributed by atoms with Gasteiger partial charge in [0.25, 0.3) is 5.52 Å². The normalized spacial score (nSPS) is 11.1. The van der Waals surface area contributed by atoms with Crippen molar-refractivity contribution in [3.63, 3.8) is 0 Å². The maximum Gasteiger partial charge on any atom is 0.503 e. The average molecular weight is 380 g/mol. The molecular weight excluding hydrogens is 359 g/mol. The summed E-state index contributed by atoms with van der Waals surface area (Å²) in [5.74, 6) is 0.715. The second-order valence-corrected chi connectivity index (χ2v) is 8.10. The number of carbonyl (C=O) groups is 1. The van der Waals surface area contributed by atoms with Crippen molar-refractivity contribution in [1.82, 2.24) is 0 Å². The monoisotopic (exact) mass is 380 g/mol. The van der Waals surface area contributed by atoms with E-state index >= 15 is 0 Å². The SMILES string of the molecule is Cc1ccccc1OP(=O)(Oc1ccccc1C)C(=O)c1ccccc1C. The Bertz CT molecular complexity index is 975. The van der Waals surface area contributed by atoms with Gasteiger partial charge in [0.1, 0.15) is 11.5 Å². The summed E-state index contributed by atoms with van der Waals surface area (Å²) in [4.78, 5) is 13.2. The molecule has 0 amide bonds. The third kappa shape index (κ3) is 4.12. The standard InChI is InChI=1S/C22H21O4P/c1-16-10-4-7-13-19(16)22(23)27(24,25-20-14-8-5-11-17(20)2)26-21-15-9-6-12-18(21)3/h4-15H,1-3H3. The second-order valence-electron chi connectivity index (χ2n) is 6.33. The molecule has 0 saturated heterocycles. The fourth-order valence-electron chi connectivity index (χ4n) is 2.64. The summed E-state index contributed by atoms with van der Waals surface area (Å²) in [7, 11) is -4.20. The Labute approximate surface area is 159 Å². The van der Waals surface area contributed by atoms with Crippen LogP contribution in [0.4, 0.5) is 0 Å². The van der Waals surface area contributed by atoms with Crippen LogP contribution in [-0.4, -0.2) is 5.52 Å². The molecule has 0 bridgehead atoms. The van der Waals surface area contributed by atoms with E-state index in [4.69, 9.17) is 9.05 Å². The summed E-state index contributed by atoms with van der Waals surface area (Å²) in [6, 6.07) is 21.2. The fraction of sp³-hybridized carbons (Fsp3) is 0.136. The molecule has 3 aromatic carbocycles. The van der Waals surface area contributed by atoms with Crippen LogP contribution in [0.2, 0.25) is 0 Å². The Morgan fingerprint density at radius 1 is 0.667 bits per heavy atom. The van der Waals surface area contributed by atoms with Crippen molar-refractivity contribution >= 4 is 13.1 Å². The highest BCUT2D eigenvalue weighted by molar-refractivity contribution is 7.73. The van der Waals surface area contributed by atoms with Crippen LogP contribution in [0.5, 0.6) is 11.5 Å². The maximum atomic E-state index is 13.7. The van der Waals surface area contributed by atoms with Gasteiger partial charge in [0.15, 0.2) is 0 Å². The smallest absolute Gasteiger partial charge is 0.410 e. The van der Waals surface area contributed by atoms with Crippen LogP contribution in [0.3, 0.4) is 0 Å². The lowest BCUT2D eigenvalue weighted by Crippen LogP contribution is -2.13. The molecule has 3 aromatic rings. The zero-order valence-corrected chi connectivity index (χ0v) is 16.4. The van der Waals surface area contributed by atoms with Gasteiger partial charge in [-0.15, -0.1) is 0 Å². The summed E-state index contributed by atoms with van der Waals surface area (Å²) in [5, 5.41) is 0. The first-order chi connectivity index (χ1) is 12.9. The second kappa shape index (κ2) is 7.81. The highest BCUT2D eigenvalue weighted by Gasteiger charge is 2.40. The summed E-state index contributed by atoms with van der Waals surface area (Å²) in [6.07, 6.45) is 0. The van der Waals surface area contributed by atoms with E-state index in [1.807, 2.05) is 44.2 Å². The lowest BCUT2D eigenvalue weighted by Gasteiger charge is -2.21. The molecule has 0 fully saturated rings. The lowest BCUT2D eigenvalue weighted by atomic mass is 10.1. The highest BCUT2D eigenvalue weighted by Crippen LogP contribution is 2.52. The van der Waals surface area contributed by atoms with Crippen LogP contribution in [0.15, 0.2) is 72.8 Å². The van der Waals surface area contributed by atoms with Gasteiger partial charge >= 0.3 is 7.60 Å². The molecule has 0 aliphatic heterocycles. The molecule has 0 aliphatic carbocycles. The average Bonchev–Trinajstić information content (AvgIpc) is 2.65. The van der Waals surface area contributed by atoms with Crippen LogP contribution < -0.4 is 9.05 Å². The van der Waals surface area contributed by atoms with E-state index in [1.165, 1.54) is 0 Å². The molecule has 138 valence electrons. The number of hydrogen-bond acceptors (Lipinski definition) is 4. The molecule has 0 N–H and O–H groups in total. The minimum absolute atomic E-state index is 0.322. The quantitative estimate of drug-likeness (QED) is 0.485. The van der Waals surface area contributed by atoms with E-state index in [0.29, 0.717) is 22.6 Å². The van der Waals surface area contributed by atoms with Crippen molar-refractivity contribution in [3.05, 3.63) is 95.1 Å². The summed E-state index contributed by atoms with van der Waals surface area (Å²) >= 11 is 0. The Hall–Kier alpha value is -2.84. The van der Waals surface area contributed by atoms with Gasteiger partial charge < -0.3 is 9.05 Å². The maximum absolute atomic E-state index is 13.7. The largest absolute Gasteiger partial charge is 0.503 e. The van der Waals surface area contributed by atoms with Crippen molar-refractivity contribution in [3.8, 4) is 11.5 Å². The van der Waals surface area contributed by atoms with E-state index in [-0.39, 0.29) is 0 Å². The third-order valence-electron chi connectivity index (χ3n) is 4.25. The molecule has 0 aliphatic rings. The lowest BCUT2D eigenvalue weighted by molar-refractivity contribution is 0.104. The minimum Gasteiger partial charge on any atom is -0.410 e. The zero-order chi connectivity index (χ0) is 19.4. The Balaban J connectivity index is 2.07. The minimum atomic E-state index is -4.20. The van der Waals surface area contributed by atoms with Crippen molar-refractivity contribution in [2.75, 3.05) is 0 Å². The van der Waals surface area contributed by atoms with Gasteiger partial charge in [-0.05, 0) is 49.6 Å². The van der Waals surface area contributed by atoms with Crippen molar-refractivity contribution in [1.29, 1.82) is 0 Å². The van der Waals surface area contributed by atoms with Gasteiger partial charge in [-0.3, -0.25) is 4.79 Å². The molecule has 0 saturated carbocycles. The third-order valence-corrected chi connectivity index (χ3v) is 5.86. The molecule has 0 heterocycles. The number of carbonyl (C=O) groups excluding carboxylic acids is 1. The van der Waals surface area contributed by atoms with Crippen LogP contribution in [0, 0.1) is 20.8 Å². The predicted molar refractivity (Wildman–Crippen MR) is 107 cm³/mol. The van der Waals surface area contributed by atoms with Crippen LogP contribution in [0.1, 0.15) is 27.0 Å². The summed E-state index contributed by atoms with van der Waals surface area (Å²) in [5.41, 5.74) is 1.91. The fourth-order valence-corrected chi connectivity index (χ4v) is 4.32. The molecule has 0 unspecified atom stereocenters. The molecule has 27 heavy (non-hydrogen) atoms. The van der Waals surface area contributed by atoms with E-state index in [2.05, 4.69) is 0 Å². The van der Waals surface area contributed by atoms with E-state index < -0.39 is 13.1 Å². The van der Waals surface area contributed by atoms with Crippen LogP contribution in [-0.2, 0) is 4.57 Å². The molecule has 0 aromatic heterocycles. The van der Waals surface area contributed by atoms with Crippen molar-refractivity contribution in [2.24, 2.45) is 0 Å². The molecule has 0 spiro atoms. The first-order valence-electron chi connectivity index (χ1n) is 8.62. The number of hydrogen-bond donors (Lipinski definition) is 0. The summed E-state index contributed by atoms with van der Waals surface area (Å²) in [6.45, 7) is 5.44.